The lowest BCUT2D eigenvalue weighted by atomic mass is 10.2. The van der Waals surface area contributed by atoms with Gasteiger partial charge in [-0.2, -0.15) is 0 Å². The summed E-state index contributed by atoms with van der Waals surface area (Å²) in [5, 5.41) is 18.6. The number of amides is 2. The molecule has 1 unspecified atom stereocenters. The molecule has 118 valence electrons. The Morgan fingerprint density at radius 1 is 1.30 bits per heavy atom. The first-order valence-electron chi connectivity index (χ1n) is 6.88. The second-order valence-electron chi connectivity index (χ2n) is 4.85. The zero-order valence-electron chi connectivity index (χ0n) is 11.9. The molecule has 4 N–H and O–H groups in total. The van der Waals surface area contributed by atoms with Gasteiger partial charge in [0, 0.05) is 17.0 Å². The molecule has 3 aromatic rings. The number of carbonyl (C=O) groups excluding carboxylic acids is 2. The van der Waals surface area contributed by atoms with Gasteiger partial charge in [0.15, 0.2) is 5.82 Å². The summed E-state index contributed by atoms with van der Waals surface area (Å²) in [6.07, 6.45) is 1.30. The van der Waals surface area contributed by atoms with E-state index in [0.717, 1.165) is 10.9 Å². The zero-order chi connectivity index (χ0) is 16.2. The molecule has 2 heterocycles. The maximum Gasteiger partial charge on any atom is 0.268 e. The van der Waals surface area contributed by atoms with E-state index in [0.29, 0.717) is 5.69 Å². The molecule has 8 nitrogen and oxygen atoms in total. The van der Waals surface area contributed by atoms with Crippen LogP contribution in [0.5, 0.6) is 0 Å². The van der Waals surface area contributed by atoms with Crippen LogP contribution in [0.4, 0.5) is 5.82 Å². The van der Waals surface area contributed by atoms with Gasteiger partial charge in [0.2, 0.25) is 0 Å². The van der Waals surface area contributed by atoms with E-state index in [1.54, 1.807) is 6.07 Å². The molecule has 0 spiro atoms. The molecule has 0 saturated heterocycles. The van der Waals surface area contributed by atoms with Crippen molar-refractivity contribution in [1.29, 1.82) is 0 Å². The molecule has 23 heavy (non-hydrogen) atoms. The molecule has 1 atom stereocenters. The summed E-state index contributed by atoms with van der Waals surface area (Å²) < 4.78 is 4.59. The van der Waals surface area contributed by atoms with Crippen LogP contribution in [-0.4, -0.2) is 39.7 Å². The van der Waals surface area contributed by atoms with Crippen LogP contribution in [0.2, 0.25) is 0 Å². The largest absolute Gasteiger partial charge is 0.394 e. The lowest BCUT2D eigenvalue weighted by molar-refractivity contribution is -0.118. The van der Waals surface area contributed by atoms with Crippen molar-refractivity contribution in [2.75, 3.05) is 11.9 Å². The van der Waals surface area contributed by atoms with E-state index >= 15 is 0 Å². The first kappa shape index (κ1) is 14.8. The van der Waals surface area contributed by atoms with Crippen molar-refractivity contribution in [3.8, 4) is 0 Å². The highest BCUT2D eigenvalue weighted by atomic mass is 16.5. The number of para-hydroxylation sites is 1. The monoisotopic (exact) mass is 314 g/mol. The number of hydrogen-bond acceptors (Lipinski definition) is 5. The van der Waals surface area contributed by atoms with Gasteiger partial charge >= 0.3 is 0 Å². The minimum atomic E-state index is -1.11. The van der Waals surface area contributed by atoms with Crippen LogP contribution >= 0.6 is 0 Å². The number of hydrogen-bond donors (Lipinski definition) is 4. The van der Waals surface area contributed by atoms with Crippen LogP contribution in [0.1, 0.15) is 10.5 Å². The first-order chi connectivity index (χ1) is 11.2. The molecule has 0 aliphatic carbocycles. The average Bonchev–Trinajstić information content (AvgIpc) is 3.20. The van der Waals surface area contributed by atoms with Crippen LogP contribution in [-0.2, 0) is 4.79 Å². The van der Waals surface area contributed by atoms with Gasteiger partial charge in [-0.3, -0.25) is 9.59 Å². The molecule has 3 rings (SSSR count). The topological polar surface area (TPSA) is 120 Å². The van der Waals surface area contributed by atoms with Gasteiger partial charge in [-0.05, 0) is 12.1 Å². The summed E-state index contributed by atoms with van der Waals surface area (Å²) in [6, 6.07) is 9.43. The number of anilines is 1. The van der Waals surface area contributed by atoms with E-state index in [2.05, 4.69) is 25.3 Å². The van der Waals surface area contributed by atoms with Crippen molar-refractivity contribution in [1.82, 2.24) is 15.5 Å². The Bertz CT molecular complexity index is 792. The van der Waals surface area contributed by atoms with Gasteiger partial charge < -0.3 is 25.2 Å². The molecule has 0 aliphatic heterocycles. The Balaban J connectivity index is 1.70. The predicted octanol–water partition coefficient (Wildman–Crippen LogP) is 0.885. The normalized spacial score (nSPS) is 12.0. The third kappa shape index (κ3) is 3.22. The number of aromatic nitrogens is 2. The molecule has 2 aromatic heterocycles. The zero-order valence-corrected chi connectivity index (χ0v) is 11.9. The van der Waals surface area contributed by atoms with Gasteiger partial charge in [0.25, 0.3) is 11.8 Å². The minimum Gasteiger partial charge on any atom is -0.394 e. The Kier molecular flexibility index (Phi) is 4.07. The quantitative estimate of drug-likeness (QED) is 0.557. The fourth-order valence-electron chi connectivity index (χ4n) is 2.12. The summed E-state index contributed by atoms with van der Waals surface area (Å²) in [7, 11) is 0. The average molecular weight is 314 g/mol. The summed E-state index contributed by atoms with van der Waals surface area (Å²) in [5.41, 5.74) is 1.11. The predicted molar refractivity (Wildman–Crippen MR) is 81.8 cm³/mol. The molecule has 0 radical (unpaired) electrons. The Hall–Kier alpha value is -3.13. The van der Waals surface area contributed by atoms with E-state index in [4.69, 9.17) is 0 Å². The van der Waals surface area contributed by atoms with Gasteiger partial charge in [-0.1, -0.05) is 23.4 Å². The molecular formula is C15H14N4O4. The summed E-state index contributed by atoms with van der Waals surface area (Å²) >= 11 is 0. The summed E-state index contributed by atoms with van der Waals surface area (Å²) in [6.45, 7) is -0.546. The Morgan fingerprint density at radius 2 is 2.13 bits per heavy atom. The smallest absolute Gasteiger partial charge is 0.268 e. The molecule has 2 amide bonds. The van der Waals surface area contributed by atoms with Crippen molar-refractivity contribution < 1.29 is 19.2 Å². The number of nitrogens with zero attached hydrogens (tertiary/aromatic N) is 1. The van der Waals surface area contributed by atoms with Gasteiger partial charge in [-0.15, -0.1) is 0 Å². The number of aliphatic hydroxyl groups is 1. The highest BCUT2D eigenvalue weighted by molar-refractivity contribution is 6.02. The van der Waals surface area contributed by atoms with Gasteiger partial charge in [-0.25, -0.2) is 0 Å². The SMILES string of the molecule is O=C(NC(CO)C(=O)Nc1ccon1)c1cc2ccccc2[nH]1. The molecular weight excluding hydrogens is 300 g/mol. The van der Waals surface area contributed by atoms with Crippen molar-refractivity contribution in [3.63, 3.8) is 0 Å². The highest BCUT2D eigenvalue weighted by Gasteiger charge is 2.22. The number of fused-ring (bicyclic) bond motifs is 1. The van der Waals surface area contributed by atoms with E-state index in [-0.39, 0.29) is 5.82 Å². The molecule has 1 aromatic carbocycles. The molecule has 0 aliphatic rings. The number of rotatable bonds is 5. The van der Waals surface area contributed by atoms with E-state index in [1.807, 2.05) is 24.3 Å². The fraction of sp³-hybridized carbons (Fsp3) is 0.133. The van der Waals surface area contributed by atoms with Crippen molar-refractivity contribution in [2.24, 2.45) is 0 Å². The molecule has 0 fully saturated rings. The number of benzene rings is 1. The summed E-state index contributed by atoms with van der Waals surface area (Å²) in [4.78, 5) is 27.2. The third-order valence-electron chi connectivity index (χ3n) is 3.27. The van der Waals surface area contributed by atoms with E-state index in [9.17, 15) is 14.7 Å². The maximum absolute atomic E-state index is 12.2. The minimum absolute atomic E-state index is 0.202. The first-order valence-corrected chi connectivity index (χ1v) is 6.88. The Labute approximate surface area is 130 Å². The van der Waals surface area contributed by atoms with Crippen LogP contribution < -0.4 is 10.6 Å². The Morgan fingerprint density at radius 3 is 2.83 bits per heavy atom. The molecule has 0 saturated carbocycles. The summed E-state index contributed by atoms with van der Waals surface area (Å²) in [5.74, 6) is -0.880. The fourth-order valence-corrected chi connectivity index (χ4v) is 2.12. The number of aliphatic hydroxyl groups excluding tert-OH is 1. The van der Waals surface area contributed by atoms with Crippen molar-refractivity contribution >= 4 is 28.5 Å². The lowest BCUT2D eigenvalue weighted by Gasteiger charge is -2.14. The van der Waals surface area contributed by atoms with Gasteiger partial charge in [0.1, 0.15) is 18.0 Å². The second-order valence-corrected chi connectivity index (χ2v) is 4.85. The molecule has 8 heteroatoms. The van der Waals surface area contributed by atoms with Crippen LogP contribution in [0.25, 0.3) is 10.9 Å². The van der Waals surface area contributed by atoms with Crippen LogP contribution in [0.3, 0.4) is 0 Å². The number of aromatic amines is 1. The standard InChI is InChI=1S/C15H14N4O4/c20-8-12(15(22)18-13-5-6-23-19-13)17-14(21)11-7-9-3-1-2-4-10(9)16-11/h1-7,12,16,20H,8H2,(H,17,21)(H,18,19,22). The molecule has 0 bridgehead atoms. The van der Waals surface area contributed by atoms with Gasteiger partial charge in [0.05, 0.1) is 6.61 Å². The second kappa shape index (κ2) is 6.32. The highest BCUT2D eigenvalue weighted by Crippen LogP contribution is 2.14. The third-order valence-corrected chi connectivity index (χ3v) is 3.27. The number of nitrogens with one attached hydrogen (secondary N) is 3. The number of carbonyl (C=O) groups is 2. The lowest BCUT2D eigenvalue weighted by Crippen LogP contribution is -2.46. The number of H-pyrrole nitrogens is 1. The van der Waals surface area contributed by atoms with Crippen LogP contribution in [0, 0.1) is 0 Å². The van der Waals surface area contributed by atoms with Crippen LogP contribution in [0.15, 0.2) is 47.2 Å². The van der Waals surface area contributed by atoms with Crippen molar-refractivity contribution in [2.45, 2.75) is 6.04 Å². The maximum atomic E-state index is 12.2. The van der Waals surface area contributed by atoms with Crippen molar-refractivity contribution in [3.05, 3.63) is 48.4 Å². The van der Waals surface area contributed by atoms with E-state index in [1.165, 1.54) is 12.3 Å². The van der Waals surface area contributed by atoms with E-state index < -0.39 is 24.5 Å².